The van der Waals surface area contributed by atoms with Crippen molar-refractivity contribution in [1.29, 1.82) is 0 Å². The summed E-state index contributed by atoms with van der Waals surface area (Å²) in [5.41, 5.74) is 8.43. The first-order chi connectivity index (χ1) is 5.56. The lowest BCUT2D eigenvalue weighted by molar-refractivity contribution is 0.477. The summed E-state index contributed by atoms with van der Waals surface area (Å²) in [5, 5.41) is 0. The molecular weight excluding hydrogens is 145 g/mol. The minimum absolute atomic E-state index is 0.175. The second kappa shape index (κ2) is 3.32. The molecule has 1 aromatic rings. The highest BCUT2D eigenvalue weighted by molar-refractivity contribution is 6.32. The molecule has 0 aliphatic rings. The van der Waals surface area contributed by atoms with Gasteiger partial charge in [0.05, 0.1) is 0 Å². The molecule has 0 saturated carbocycles. The summed E-state index contributed by atoms with van der Waals surface area (Å²) < 4.78 is 0. The number of nitrogens with two attached hydrogens (primary N) is 1. The molecule has 0 heterocycles. The number of hydrogen-bond donors (Lipinski definition) is 1. The van der Waals surface area contributed by atoms with Crippen LogP contribution in [0, 0.1) is 0 Å². The van der Waals surface area contributed by atoms with Gasteiger partial charge < -0.3 is 5.73 Å². The van der Waals surface area contributed by atoms with Crippen molar-refractivity contribution in [2.24, 2.45) is 5.73 Å². The molecule has 12 heavy (non-hydrogen) atoms. The Bertz CT molecular complexity index is 268. The van der Waals surface area contributed by atoms with Gasteiger partial charge in [-0.3, -0.25) is 0 Å². The van der Waals surface area contributed by atoms with Crippen LogP contribution in [0.25, 0.3) is 0 Å². The van der Waals surface area contributed by atoms with E-state index in [0.29, 0.717) is 0 Å². The maximum absolute atomic E-state index is 6.11. The zero-order valence-electron chi connectivity index (χ0n) is 8.09. The van der Waals surface area contributed by atoms with Crippen LogP contribution < -0.4 is 11.2 Å². The second-order valence-electron chi connectivity index (χ2n) is 3.64. The van der Waals surface area contributed by atoms with Crippen LogP contribution >= 0.6 is 0 Å². The third-order valence-corrected chi connectivity index (χ3v) is 2.41. The second-order valence-corrected chi connectivity index (χ2v) is 3.64. The predicted molar refractivity (Wildman–Crippen MR) is 56.5 cm³/mol. The molecule has 1 nitrogen and oxygen atoms in total. The van der Waals surface area contributed by atoms with E-state index in [4.69, 9.17) is 5.73 Å². The first kappa shape index (κ1) is 9.33. The third kappa shape index (κ3) is 1.89. The largest absolute Gasteiger partial charge is 0.322 e. The van der Waals surface area contributed by atoms with Gasteiger partial charge in [-0.05, 0) is 18.9 Å². The molecule has 64 valence electrons. The fourth-order valence-corrected chi connectivity index (χ4v) is 1.20. The monoisotopic (exact) mass is 161 g/mol. The minimum atomic E-state index is -0.175. The van der Waals surface area contributed by atoms with Crippen molar-refractivity contribution in [3.8, 4) is 0 Å². The molecular formula is C10H16BN. The average Bonchev–Trinajstić information content (AvgIpc) is 2.05. The van der Waals surface area contributed by atoms with Crippen molar-refractivity contribution in [1.82, 2.24) is 0 Å². The lowest BCUT2D eigenvalue weighted by Crippen LogP contribution is -2.32. The van der Waals surface area contributed by atoms with Crippen molar-refractivity contribution in [2.75, 3.05) is 0 Å². The summed E-state index contributed by atoms with van der Waals surface area (Å²) in [7, 11) is 2.09. The predicted octanol–water partition coefficient (Wildman–Crippen LogP) is 0.529. The van der Waals surface area contributed by atoms with Gasteiger partial charge in [0.25, 0.3) is 0 Å². The fraction of sp³-hybridized carbons (Fsp3) is 0.400. The van der Waals surface area contributed by atoms with Crippen LogP contribution in [0.3, 0.4) is 0 Å². The van der Waals surface area contributed by atoms with Gasteiger partial charge in [0, 0.05) is 5.54 Å². The van der Waals surface area contributed by atoms with Gasteiger partial charge in [-0.2, -0.15) is 0 Å². The molecule has 0 amide bonds. The third-order valence-electron chi connectivity index (χ3n) is 2.41. The Balaban J connectivity index is 3.03. The first-order valence-electron chi connectivity index (χ1n) is 4.42. The summed E-state index contributed by atoms with van der Waals surface area (Å²) >= 11 is 0. The molecule has 0 bridgehead atoms. The molecule has 0 saturated heterocycles. The summed E-state index contributed by atoms with van der Waals surface area (Å²) in [6.07, 6.45) is 0.969. The van der Waals surface area contributed by atoms with E-state index in [2.05, 4.69) is 46.0 Å². The van der Waals surface area contributed by atoms with E-state index >= 15 is 0 Å². The maximum Gasteiger partial charge on any atom is 0.139 e. The fourth-order valence-electron chi connectivity index (χ4n) is 1.20. The molecule has 0 aromatic heterocycles. The zero-order chi connectivity index (χ0) is 9.19. The van der Waals surface area contributed by atoms with Crippen molar-refractivity contribution in [3.05, 3.63) is 29.8 Å². The summed E-state index contributed by atoms with van der Waals surface area (Å²) in [6.45, 7) is 4.18. The highest BCUT2D eigenvalue weighted by Crippen LogP contribution is 2.19. The standard InChI is InChI=1S/C10H16BN/c1-3-10(2,12)8-5-4-6-9(11)7-8/h4-7H,3,11-12H2,1-2H3. The van der Waals surface area contributed by atoms with Crippen LogP contribution in [0.1, 0.15) is 25.8 Å². The van der Waals surface area contributed by atoms with E-state index < -0.39 is 0 Å². The number of hydrogen-bond acceptors (Lipinski definition) is 1. The Morgan fingerprint density at radius 1 is 1.50 bits per heavy atom. The Labute approximate surface area is 75.4 Å². The van der Waals surface area contributed by atoms with Gasteiger partial charge in [-0.25, -0.2) is 0 Å². The summed E-state index contributed by atoms with van der Waals surface area (Å²) in [6, 6.07) is 8.40. The van der Waals surface area contributed by atoms with Gasteiger partial charge >= 0.3 is 0 Å². The van der Waals surface area contributed by atoms with E-state index in [9.17, 15) is 0 Å². The lowest BCUT2D eigenvalue weighted by Gasteiger charge is -2.23. The highest BCUT2D eigenvalue weighted by Gasteiger charge is 2.17. The smallest absolute Gasteiger partial charge is 0.139 e. The van der Waals surface area contributed by atoms with Crippen molar-refractivity contribution in [3.63, 3.8) is 0 Å². The quantitative estimate of drug-likeness (QED) is 0.629. The molecule has 2 heteroatoms. The van der Waals surface area contributed by atoms with Crippen molar-refractivity contribution >= 4 is 13.3 Å². The summed E-state index contributed by atoms with van der Waals surface area (Å²) in [5.74, 6) is 0. The van der Waals surface area contributed by atoms with Gasteiger partial charge in [0.1, 0.15) is 7.85 Å². The van der Waals surface area contributed by atoms with Crippen LogP contribution in [0.4, 0.5) is 0 Å². The van der Waals surface area contributed by atoms with Crippen LogP contribution in [0.2, 0.25) is 0 Å². The van der Waals surface area contributed by atoms with Gasteiger partial charge in [-0.15, -0.1) is 0 Å². The molecule has 0 spiro atoms. The van der Waals surface area contributed by atoms with E-state index in [1.807, 2.05) is 0 Å². The number of rotatable bonds is 2. The minimum Gasteiger partial charge on any atom is -0.322 e. The van der Waals surface area contributed by atoms with Gasteiger partial charge in [0.15, 0.2) is 0 Å². The van der Waals surface area contributed by atoms with Crippen molar-refractivity contribution < 1.29 is 0 Å². The molecule has 2 N–H and O–H groups in total. The molecule has 1 aromatic carbocycles. The summed E-state index contributed by atoms with van der Waals surface area (Å²) in [4.78, 5) is 0. The Kier molecular flexibility index (Phi) is 2.58. The normalized spacial score (nSPS) is 15.6. The molecule has 0 aliphatic heterocycles. The maximum atomic E-state index is 6.11. The molecule has 0 fully saturated rings. The average molecular weight is 161 g/mol. The van der Waals surface area contributed by atoms with Gasteiger partial charge in [0.2, 0.25) is 0 Å². The Morgan fingerprint density at radius 3 is 2.67 bits per heavy atom. The highest BCUT2D eigenvalue weighted by atomic mass is 14.7. The zero-order valence-corrected chi connectivity index (χ0v) is 8.09. The van der Waals surface area contributed by atoms with Crippen molar-refractivity contribution in [2.45, 2.75) is 25.8 Å². The first-order valence-corrected chi connectivity index (χ1v) is 4.42. The Morgan fingerprint density at radius 2 is 2.17 bits per heavy atom. The molecule has 0 aliphatic carbocycles. The van der Waals surface area contributed by atoms with Crippen LogP contribution in [0.15, 0.2) is 24.3 Å². The van der Waals surface area contributed by atoms with Gasteiger partial charge in [-0.1, -0.05) is 36.7 Å². The topological polar surface area (TPSA) is 26.0 Å². The van der Waals surface area contributed by atoms with Crippen LogP contribution in [-0.4, -0.2) is 7.85 Å². The van der Waals surface area contributed by atoms with E-state index in [1.54, 1.807) is 0 Å². The molecule has 1 rings (SSSR count). The number of benzene rings is 1. The van der Waals surface area contributed by atoms with E-state index in [-0.39, 0.29) is 5.54 Å². The van der Waals surface area contributed by atoms with Crippen LogP contribution in [-0.2, 0) is 5.54 Å². The lowest BCUT2D eigenvalue weighted by atomic mass is 9.85. The Hall–Kier alpha value is -0.755. The van der Waals surface area contributed by atoms with E-state index in [0.717, 1.165) is 6.42 Å². The molecule has 1 atom stereocenters. The van der Waals surface area contributed by atoms with Crippen LogP contribution in [0.5, 0.6) is 0 Å². The molecule has 0 radical (unpaired) electrons. The molecule has 1 unspecified atom stereocenters. The SMILES string of the molecule is Bc1cccc(C(C)(N)CC)c1. The van der Waals surface area contributed by atoms with E-state index in [1.165, 1.54) is 11.0 Å².